The van der Waals surface area contributed by atoms with Gasteiger partial charge < -0.3 is 14.5 Å². The molecule has 124 valence electrons. The highest BCUT2D eigenvalue weighted by Gasteiger charge is 2.29. The summed E-state index contributed by atoms with van der Waals surface area (Å²) in [6, 6.07) is 0. The van der Waals surface area contributed by atoms with Gasteiger partial charge in [-0.1, -0.05) is 0 Å². The molecule has 0 aromatic carbocycles. The summed E-state index contributed by atoms with van der Waals surface area (Å²) in [6.45, 7) is 4.78. The first kappa shape index (κ1) is 15.7. The SMILES string of the molecule is Cc1nc(C)c(C(=O)NC[C@@H]2CCCO[C@H]2c2cnn(C)c2)o1. The van der Waals surface area contributed by atoms with Gasteiger partial charge in [0.25, 0.3) is 5.91 Å². The first-order valence-electron chi connectivity index (χ1n) is 7.87. The van der Waals surface area contributed by atoms with Crippen LogP contribution in [0.3, 0.4) is 0 Å². The maximum absolute atomic E-state index is 12.3. The number of hydrogen-bond donors (Lipinski definition) is 1. The highest BCUT2D eigenvalue weighted by atomic mass is 16.5. The normalized spacial score (nSPS) is 21.3. The van der Waals surface area contributed by atoms with Crippen molar-refractivity contribution < 1.29 is 13.9 Å². The van der Waals surface area contributed by atoms with Crippen LogP contribution in [0.5, 0.6) is 0 Å². The lowest BCUT2D eigenvalue weighted by atomic mass is 9.91. The van der Waals surface area contributed by atoms with Crippen molar-refractivity contribution in [3.8, 4) is 0 Å². The molecule has 7 heteroatoms. The monoisotopic (exact) mass is 318 g/mol. The number of hydrogen-bond acceptors (Lipinski definition) is 5. The second-order valence-corrected chi connectivity index (χ2v) is 6.00. The molecule has 1 fully saturated rings. The van der Waals surface area contributed by atoms with E-state index in [0.717, 1.165) is 25.0 Å². The number of aromatic nitrogens is 3. The summed E-state index contributed by atoms with van der Waals surface area (Å²) in [4.78, 5) is 16.4. The second kappa shape index (κ2) is 6.54. The van der Waals surface area contributed by atoms with Gasteiger partial charge in [-0.3, -0.25) is 9.48 Å². The van der Waals surface area contributed by atoms with Crippen molar-refractivity contribution in [3.63, 3.8) is 0 Å². The van der Waals surface area contributed by atoms with Crippen LogP contribution in [0.15, 0.2) is 16.8 Å². The molecule has 1 aliphatic rings. The van der Waals surface area contributed by atoms with Crippen molar-refractivity contribution in [1.29, 1.82) is 0 Å². The summed E-state index contributed by atoms with van der Waals surface area (Å²) < 4.78 is 13.0. The maximum atomic E-state index is 12.3. The molecule has 1 aliphatic heterocycles. The van der Waals surface area contributed by atoms with E-state index in [-0.39, 0.29) is 23.7 Å². The third-order valence-electron chi connectivity index (χ3n) is 4.13. The van der Waals surface area contributed by atoms with E-state index in [9.17, 15) is 4.79 Å². The van der Waals surface area contributed by atoms with Gasteiger partial charge in [-0.2, -0.15) is 5.10 Å². The molecule has 0 radical (unpaired) electrons. The summed E-state index contributed by atoms with van der Waals surface area (Å²) in [7, 11) is 1.89. The Bertz CT molecular complexity index is 691. The molecule has 0 aliphatic carbocycles. The minimum atomic E-state index is -0.224. The van der Waals surface area contributed by atoms with Gasteiger partial charge in [-0.25, -0.2) is 4.98 Å². The smallest absolute Gasteiger partial charge is 0.289 e. The summed E-state index contributed by atoms with van der Waals surface area (Å²) in [5.74, 6) is 0.791. The largest absolute Gasteiger partial charge is 0.436 e. The number of nitrogens with zero attached hydrogens (tertiary/aromatic N) is 3. The van der Waals surface area contributed by atoms with Crippen LogP contribution in [0.2, 0.25) is 0 Å². The number of carbonyl (C=O) groups excluding carboxylic acids is 1. The van der Waals surface area contributed by atoms with Crippen molar-refractivity contribution >= 4 is 5.91 Å². The zero-order valence-corrected chi connectivity index (χ0v) is 13.7. The van der Waals surface area contributed by atoms with Crippen LogP contribution in [0.1, 0.15) is 46.6 Å². The van der Waals surface area contributed by atoms with E-state index in [0.29, 0.717) is 18.1 Å². The third-order valence-corrected chi connectivity index (χ3v) is 4.13. The van der Waals surface area contributed by atoms with Gasteiger partial charge in [0.15, 0.2) is 5.89 Å². The predicted octanol–water partition coefficient (Wildman–Crippen LogP) is 1.92. The average molecular weight is 318 g/mol. The molecule has 2 atom stereocenters. The Hall–Kier alpha value is -2.15. The van der Waals surface area contributed by atoms with Crippen molar-refractivity contribution in [2.75, 3.05) is 13.2 Å². The summed E-state index contributed by atoms with van der Waals surface area (Å²) in [5.41, 5.74) is 1.67. The number of amides is 1. The van der Waals surface area contributed by atoms with Crippen LogP contribution in [-0.4, -0.2) is 33.8 Å². The van der Waals surface area contributed by atoms with Gasteiger partial charge >= 0.3 is 0 Å². The predicted molar refractivity (Wildman–Crippen MR) is 82.9 cm³/mol. The zero-order chi connectivity index (χ0) is 16.4. The Labute approximate surface area is 135 Å². The molecule has 1 saturated heterocycles. The number of ether oxygens (including phenoxy) is 1. The van der Waals surface area contributed by atoms with Crippen molar-refractivity contribution in [2.24, 2.45) is 13.0 Å². The van der Waals surface area contributed by atoms with Crippen LogP contribution in [0, 0.1) is 19.8 Å². The average Bonchev–Trinajstić information content (AvgIpc) is 3.10. The highest BCUT2D eigenvalue weighted by Crippen LogP contribution is 2.33. The molecular formula is C16H22N4O3. The zero-order valence-electron chi connectivity index (χ0n) is 13.7. The first-order chi connectivity index (χ1) is 11.0. The lowest BCUT2D eigenvalue weighted by Gasteiger charge is -2.31. The van der Waals surface area contributed by atoms with Crippen LogP contribution in [0.4, 0.5) is 0 Å². The van der Waals surface area contributed by atoms with E-state index in [4.69, 9.17) is 9.15 Å². The minimum absolute atomic E-state index is 0.0321. The van der Waals surface area contributed by atoms with Gasteiger partial charge in [0.2, 0.25) is 5.76 Å². The summed E-state index contributed by atoms with van der Waals surface area (Å²) in [6.07, 6.45) is 5.77. The molecule has 2 aromatic heterocycles. The van der Waals surface area contributed by atoms with E-state index in [1.54, 1.807) is 18.5 Å². The van der Waals surface area contributed by atoms with E-state index in [2.05, 4.69) is 15.4 Å². The fourth-order valence-electron chi connectivity index (χ4n) is 3.05. The number of nitrogens with one attached hydrogen (secondary N) is 1. The number of oxazole rings is 1. The lowest BCUT2D eigenvalue weighted by Crippen LogP contribution is -2.35. The Kier molecular flexibility index (Phi) is 4.47. The van der Waals surface area contributed by atoms with Gasteiger partial charge in [-0.15, -0.1) is 0 Å². The Balaban J connectivity index is 1.65. The fraction of sp³-hybridized carbons (Fsp3) is 0.562. The third kappa shape index (κ3) is 3.44. The maximum Gasteiger partial charge on any atom is 0.289 e. The van der Waals surface area contributed by atoms with E-state index in [1.165, 1.54) is 0 Å². The van der Waals surface area contributed by atoms with Crippen LogP contribution in [0.25, 0.3) is 0 Å². The molecule has 1 amide bonds. The molecule has 0 spiro atoms. The Morgan fingerprint density at radius 3 is 2.96 bits per heavy atom. The van der Waals surface area contributed by atoms with Crippen molar-refractivity contribution in [1.82, 2.24) is 20.1 Å². The first-order valence-corrected chi connectivity index (χ1v) is 7.87. The van der Waals surface area contributed by atoms with Crippen LogP contribution < -0.4 is 5.32 Å². The molecular weight excluding hydrogens is 296 g/mol. The topological polar surface area (TPSA) is 82.2 Å². The molecule has 2 aromatic rings. The van der Waals surface area contributed by atoms with Gasteiger partial charge in [0.1, 0.15) is 0 Å². The molecule has 23 heavy (non-hydrogen) atoms. The molecule has 0 saturated carbocycles. The molecule has 7 nitrogen and oxygen atoms in total. The lowest BCUT2D eigenvalue weighted by molar-refractivity contribution is -0.0273. The quantitative estimate of drug-likeness (QED) is 0.931. The van der Waals surface area contributed by atoms with E-state index in [1.807, 2.05) is 19.4 Å². The van der Waals surface area contributed by atoms with Gasteiger partial charge in [-0.05, 0) is 19.8 Å². The summed E-state index contributed by atoms with van der Waals surface area (Å²) >= 11 is 0. The second-order valence-electron chi connectivity index (χ2n) is 6.00. The standard InChI is InChI=1S/C16H22N4O3/c1-10-14(23-11(2)19-10)16(21)17-7-12-5-4-6-22-15(12)13-8-18-20(3)9-13/h8-9,12,15H,4-7H2,1-3H3,(H,17,21)/t12-,15+/m0/s1. The molecule has 1 N–H and O–H groups in total. The van der Waals surface area contributed by atoms with Crippen molar-refractivity contribution in [3.05, 3.63) is 35.3 Å². The van der Waals surface area contributed by atoms with Gasteiger partial charge in [0, 0.05) is 44.8 Å². The molecule has 3 heterocycles. The molecule has 3 rings (SSSR count). The number of carbonyl (C=O) groups is 1. The number of aryl methyl sites for hydroxylation is 3. The van der Waals surface area contributed by atoms with Crippen LogP contribution in [-0.2, 0) is 11.8 Å². The minimum Gasteiger partial charge on any atom is -0.436 e. The van der Waals surface area contributed by atoms with Crippen LogP contribution >= 0.6 is 0 Å². The highest BCUT2D eigenvalue weighted by molar-refractivity contribution is 5.92. The van der Waals surface area contributed by atoms with Gasteiger partial charge in [0.05, 0.1) is 18.0 Å². The van der Waals surface area contributed by atoms with Crippen molar-refractivity contribution in [2.45, 2.75) is 32.8 Å². The Morgan fingerprint density at radius 2 is 2.30 bits per heavy atom. The van der Waals surface area contributed by atoms with E-state index < -0.39 is 0 Å². The fourth-order valence-corrected chi connectivity index (χ4v) is 3.05. The molecule has 0 bridgehead atoms. The Morgan fingerprint density at radius 1 is 1.48 bits per heavy atom. The number of rotatable bonds is 4. The van der Waals surface area contributed by atoms with E-state index >= 15 is 0 Å². The molecule has 0 unspecified atom stereocenters. The summed E-state index contributed by atoms with van der Waals surface area (Å²) in [5, 5.41) is 7.16.